The number of amides is 1. The zero-order chi connectivity index (χ0) is 16.7. The summed E-state index contributed by atoms with van der Waals surface area (Å²) in [5, 5.41) is 13.9. The molecule has 3 heterocycles. The Balaban J connectivity index is 1.66. The fraction of sp³-hybridized carbons (Fsp3) is 0.389. The Labute approximate surface area is 139 Å². The number of aryl methyl sites for hydroxylation is 1. The first-order valence-electron chi connectivity index (χ1n) is 8.29. The smallest absolute Gasteiger partial charge is 0.312 e. The van der Waals surface area contributed by atoms with Crippen LogP contribution in [0.25, 0.3) is 0 Å². The average molecular weight is 325 g/mol. The molecule has 0 fully saturated rings. The van der Waals surface area contributed by atoms with Gasteiger partial charge in [-0.25, -0.2) is 0 Å². The van der Waals surface area contributed by atoms with Crippen LogP contribution in [0.1, 0.15) is 45.9 Å². The number of benzene rings is 1. The van der Waals surface area contributed by atoms with Gasteiger partial charge in [0.25, 0.3) is 5.91 Å². The molecule has 1 N–H and O–H groups in total. The van der Waals surface area contributed by atoms with Crippen molar-refractivity contribution in [2.75, 3.05) is 6.54 Å². The van der Waals surface area contributed by atoms with Crippen LogP contribution in [-0.4, -0.2) is 38.2 Å². The van der Waals surface area contributed by atoms with E-state index in [-0.39, 0.29) is 12.5 Å². The van der Waals surface area contributed by atoms with E-state index in [1.165, 1.54) is 0 Å². The second-order valence-corrected chi connectivity index (χ2v) is 6.46. The maximum Gasteiger partial charge on any atom is 0.312 e. The molecule has 0 saturated carbocycles. The lowest BCUT2D eigenvalue weighted by molar-refractivity contribution is -0.139. The normalized spacial score (nSPS) is 19.5. The summed E-state index contributed by atoms with van der Waals surface area (Å²) in [5.41, 5.74) is 3.33. The Morgan fingerprint density at radius 1 is 1.21 bits per heavy atom. The third-order valence-corrected chi connectivity index (χ3v) is 4.99. The van der Waals surface area contributed by atoms with E-state index in [1.54, 1.807) is 11.1 Å². The molecular weight excluding hydrogens is 306 g/mol. The van der Waals surface area contributed by atoms with E-state index in [9.17, 15) is 14.7 Å². The topological polar surface area (TPSA) is 75.4 Å². The summed E-state index contributed by atoms with van der Waals surface area (Å²) < 4.78 is 1.91. The number of hydrogen-bond donors (Lipinski definition) is 1. The van der Waals surface area contributed by atoms with Crippen LogP contribution >= 0.6 is 0 Å². The zero-order valence-corrected chi connectivity index (χ0v) is 13.3. The SMILES string of the molecule is O=C(O)[C@@H]1CN(C(=O)c2cnn3c2CCCC3)Cc2ccccc21. The molecule has 6 heteroatoms. The molecule has 2 aliphatic rings. The van der Waals surface area contributed by atoms with Gasteiger partial charge in [-0.3, -0.25) is 14.3 Å². The highest BCUT2D eigenvalue weighted by atomic mass is 16.4. The first kappa shape index (κ1) is 14.9. The number of carbonyl (C=O) groups excluding carboxylic acids is 1. The Hall–Kier alpha value is -2.63. The van der Waals surface area contributed by atoms with Crippen molar-refractivity contribution >= 4 is 11.9 Å². The van der Waals surface area contributed by atoms with Crippen LogP contribution in [0.3, 0.4) is 0 Å². The Morgan fingerprint density at radius 2 is 2.04 bits per heavy atom. The third kappa shape index (κ3) is 2.38. The van der Waals surface area contributed by atoms with Gasteiger partial charge < -0.3 is 10.0 Å². The summed E-state index contributed by atoms with van der Waals surface area (Å²) in [5.74, 6) is -1.68. The lowest BCUT2D eigenvalue weighted by atomic mass is 9.89. The molecule has 2 aromatic rings. The number of fused-ring (bicyclic) bond motifs is 2. The van der Waals surface area contributed by atoms with Crippen LogP contribution in [0.15, 0.2) is 30.5 Å². The van der Waals surface area contributed by atoms with Gasteiger partial charge in [0.1, 0.15) is 0 Å². The van der Waals surface area contributed by atoms with Crippen molar-refractivity contribution in [2.24, 2.45) is 0 Å². The standard InChI is InChI=1S/C18H19N3O3/c22-17(14-9-19-21-8-4-3-7-16(14)21)20-10-12-5-1-2-6-13(12)15(11-20)18(23)24/h1-2,5-6,9,15H,3-4,7-8,10-11H2,(H,23,24)/t15-/m1/s1. The van der Waals surface area contributed by atoms with Crippen molar-refractivity contribution in [3.63, 3.8) is 0 Å². The van der Waals surface area contributed by atoms with Crippen molar-refractivity contribution in [3.8, 4) is 0 Å². The number of carboxylic acid groups (broad SMARTS) is 1. The number of hydrogen-bond acceptors (Lipinski definition) is 3. The van der Waals surface area contributed by atoms with Gasteiger partial charge in [0.05, 0.1) is 23.4 Å². The number of carbonyl (C=O) groups is 2. The Bertz CT molecular complexity index is 812. The highest BCUT2D eigenvalue weighted by molar-refractivity contribution is 5.96. The van der Waals surface area contributed by atoms with Crippen molar-refractivity contribution < 1.29 is 14.7 Å². The van der Waals surface area contributed by atoms with E-state index in [0.29, 0.717) is 12.1 Å². The van der Waals surface area contributed by atoms with Gasteiger partial charge in [0, 0.05) is 19.6 Å². The molecule has 4 rings (SSSR count). The summed E-state index contributed by atoms with van der Waals surface area (Å²) in [6.07, 6.45) is 4.64. The van der Waals surface area contributed by atoms with Gasteiger partial charge in [-0.2, -0.15) is 5.10 Å². The number of nitrogens with zero attached hydrogens (tertiary/aromatic N) is 3. The lowest BCUT2D eigenvalue weighted by Crippen LogP contribution is -2.40. The number of carboxylic acids is 1. The van der Waals surface area contributed by atoms with Gasteiger partial charge in [0.2, 0.25) is 0 Å². The van der Waals surface area contributed by atoms with Crippen LogP contribution in [-0.2, 0) is 24.3 Å². The van der Waals surface area contributed by atoms with E-state index in [2.05, 4.69) is 5.10 Å². The van der Waals surface area contributed by atoms with E-state index in [4.69, 9.17) is 0 Å². The number of aliphatic carboxylic acids is 1. The zero-order valence-electron chi connectivity index (χ0n) is 13.3. The molecule has 2 aliphatic heterocycles. The monoisotopic (exact) mass is 325 g/mol. The van der Waals surface area contributed by atoms with Crippen molar-refractivity contribution in [2.45, 2.75) is 38.3 Å². The molecule has 0 bridgehead atoms. The summed E-state index contributed by atoms with van der Waals surface area (Å²) in [4.78, 5) is 26.3. The van der Waals surface area contributed by atoms with E-state index in [1.807, 2.05) is 28.9 Å². The second-order valence-electron chi connectivity index (χ2n) is 6.46. The minimum Gasteiger partial charge on any atom is -0.481 e. The Kier molecular flexibility index (Phi) is 3.59. The molecule has 1 aromatic heterocycles. The fourth-order valence-electron chi connectivity index (χ4n) is 3.74. The molecule has 6 nitrogen and oxygen atoms in total. The van der Waals surface area contributed by atoms with Gasteiger partial charge in [-0.15, -0.1) is 0 Å². The number of aromatic nitrogens is 2. The van der Waals surface area contributed by atoms with Gasteiger partial charge >= 0.3 is 5.97 Å². The lowest BCUT2D eigenvalue weighted by Gasteiger charge is -2.33. The Morgan fingerprint density at radius 3 is 2.88 bits per heavy atom. The summed E-state index contributed by atoms with van der Waals surface area (Å²) >= 11 is 0. The molecule has 0 saturated heterocycles. The maximum atomic E-state index is 13.0. The van der Waals surface area contributed by atoms with Crippen molar-refractivity contribution in [1.29, 1.82) is 0 Å². The van der Waals surface area contributed by atoms with Crippen molar-refractivity contribution in [1.82, 2.24) is 14.7 Å². The summed E-state index contributed by atoms with van der Waals surface area (Å²) in [7, 11) is 0. The molecular formula is C18H19N3O3. The maximum absolute atomic E-state index is 13.0. The van der Waals surface area contributed by atoms with Crippen LogP contribution in [0.5, 0.6) is 0 Å². The number of rotatable bonds is 2. The summed E-state index contributed by atoms with van der Waals surface area (Å²) in [6.45, 7) is 1.50. The molecule has 0 unspecified atom stereocenters. The molecule has 0 radical (unpaired) electrons. The quantitative estimate of drug-likeness (QED) is 0.917. The highest BCUT2D eigenvalue weighted by Gasteiger charge is 2.34. The first-order valence-corrected chi connectivity index (χ1v) is 8.29. The van der Waals surface area contributed by atoms with E-state index < -0.39 is 11.9 Å². The highest BCUT2D eigenvalue weighted by Crippen LogP contribution is 2.30. The first-order chi connectivity index (χ1) is 11.6. The van der Waals surface area contributed by atoms with Gasteiger partial charge in [-0.1, -0.05) is 24.3 Å². The van der Waals surface area contributed by atoms with E-state index >= 15 is 0 Å². The molecule has 1 amide bonds. The van der Waals surface area contributed by atoms with Crippen molar-refractivity contribution in [3.05, 3.63) is 52.8 Å². The minimum absolute atomic E-state index is 0.112. The van der Waals surface area contributed by atoms with Crippen LogP contribution in [0.4, 0.5) is 0 Å². The minimum atomic E-state index is -0.892. The van der Waals surface area contributed by atoms with Crippen LogP contribution < -0.4 is 0 Å². The predicted octanol–water partition coefficient (Wildman–Crippen LogP) is 2.04. The third-order valence-electron chi connectivity index (χ3n) is 4.99. The fourth-order valence-corrected chi connectivity index (χ4v) is 3.74. The predicted molar refractivity (Wildman–Crippen MR) is 86.7 cm³/mol. The molecule has 124 valence electrons. The summed E-state index contributed by atoms with van der Waals surface area (Å²) in [6, 6.07) is 7.48. The largest absolute Gasteiger partial charge is 0.481 e. The average Bonchev–Trinajstić information content (AvgIpc) is 3.04. The van der Waals surface area contributed by atoms with E-state index in [0.717, 1.165) is 42.6 Å². The van der Waals surface area contributed by atoms with Crippen LogP contribution in [0, 0.1) is 0 Å². The van der Waals surface area contributed by atoms with Crippen LogP contribution in [0.2, 0.25) is 0 Å². The molecule has 1 aromatic carbocycles. The molecule has 0 spiro atoms. The van der Waals surface area contributed by atoms with Gasteiger partial charge in [-0.05, 0) is 30.4 Å². The molecule has 24 heavy (non-hydrogen) atoms. The second kappa shape index (κ2) is 5.78. The van der Waals surface area contributed by atoms with Gasteiger partial charge in [0.15, 0.2) is 0 Å². The molecule has 0 aliphatic carbocycles. The molecule has 1 atom stereocenters.